The Morgan fingerprint density at radius 2 is 1.86 bits per heavy atom. The fraction of sp³-hybridized carbons (Fsp3) is 0.500. The summed E-state index contributed by atoms with van der Waals surface area (Å²) in [5.41, 5.74) is 8.18. The van der Waals surface area contributed by atoms with Gasteiger partial charge in [-0.1, -0.05) is 56.6 Å². The fourth-order valence-electron chi connectivity index (χ4n) is 2.24. The third-order valence-corrected chi connectivity index (χ3v) is 3.64. The van der Waals surface area contributed by atoms with Crippen LogP contribution in [-0.4, -0.2) is 16.7 Å². The zero-order chi connectivity index (χ0) is 16.0. The van der Waals surface area contributed by atoms with Gasteiger partial charge >= 0.3 is 0 Å². The first-order chi connectivity index (χ1) is 10.5. The topological polar surface area (TPSA) is 64.9 Å². The first-order valence-corrected chi connectivity index (χ1v) is 7.94. The van der Waals surface area contributed by atoms with Crippen LogP contribution in [0.15, 0.2) is 28.8 Å². The number of aromatic nitrogens is 2. The molecule has 4 nitrogen and oxygen atoms in total. The van der Waals surface area contributed by atoms with Gasteiger partial charge in [-0.25, -0.2) is 0 Å². The number of hydrogen-bond donors (Lipinski definition) is 1. The summed E-state index contributed by atoms with van der Waals surface area (Å²) in [4.78, 5) is 4.41. The molecular formula is C18H26N3O. The van der Waals surface area contributed by atoms with Crippen molar-refractivity contribution in [3.8, 4) is 0 Å². The second kappa shape index (κ2) is 7.54. The maximum Gasteiger partial charge on any atom is 0.230 e. The summed E-state index contributed by atoms with van der Waals surface area (Å²) in [6, 6.07) is 8.63. The molecule has 0 atom stereocenters. The Morgan fingerprint density at radius 3 is 2.50 bits per heavy atom. The Kier molecular flexibility index (Phi) is 5.72. The molecule has 22 heavy (non-hydrogen) atoms. The van der Waals surface area contributed by atoms with Gasteiger partial charge in [-0.2, -0.15) is 4.98 Å². The molecule has 2 N–H and O–H groups in total. The van der Waals surface area contributed by atoms with Crippen LogP contribution in [0, 0.1) is 6.42 Å². The number of nitrogens with two attached hydrogens (primary N) is 1. The van der Waals surface area contributed by atoms with E-state index in [9.17, 15) is 0 Å². The van der Waals surface area contributed by atoms with Gasteiger partial charge in [-0.05, 0) is 35.9 Å². The van der Waals surface area contributed by atoms with Gasteiger partial charge in [0, 0.05) is 6.42 Å². The van der Waals surface area contributed by atoms with Crippen molar-refractivity contribution in [1.82, 2.24) is 10.1 Å². The largest absolute Gasteiger partial charge is 0.339 e. The van der Waals surface area contributed by atoms with Crippen LogP contribution in [0.3, 0.4) is 0 Å². The van der Waals surface area contributed by atoms with Gasteiger partial charge in [-0.3, -0.25) is 0 Å². The van der Waals surface area contributed by atoms with E-state index in [-0.39, 0.29) is 5.41 Å². The third-order valence-electron chi connectivity index (χ3n) is 3.64. The lowest BCUT2D eigenvalue weighted by atomic mass is 9.86. The van der Waals surface area contributed by atoms with Crippen LogP contribution in [0.25, 0.3) is 0 Å². The molecule has 0 aliphatic rings. The van der Waals surface area contributed by atoms with E-state index in [0.717, 1.165) is 31.6 Å². The van der Waals surface area contributed by atoms with Crippen molar-refractivity contribution in [2.45, 2.75) is 51.9 Å². The molecule has 1 heterocycles. The minimum Gasteiger partial charge on any atom is -0.339 e. The Labute approximate surface area is 133 Å². The molecule has 0 aliphatic carbocycles. The molecule has 0 bridgehead atoms. The van der Waals surface area contributed by atoms with Crippen LogP contribution in [-0.2, 0) is 11.8 Å². The monoisotopic (exact) mass is 300 g/mol. The van der Waals surface area contributed by atoms with Crippen LogP contribution < -0.4 is 5.73 Å². The lowest BCUT2D eigenvalue weighted by molar-refractivity contribution is 0.389. The average Bonchev–Trinajstić information content (AvgIpc) is 2.91. The highest BCUT2D eigenvalue weighted by atomic mass is 16.5. The summed E-state index contributed by atoms with van der Waals surface area (Å²) in [6.07, 6.45) is 5.69. The van der Waals surface area contributed by atoms with Crippen molar-refractivity contribution in [3.63, 3.8) is 0 Å². The number of hydrogen-bond acceptors (Lipinski definition) is 4. The van der Waals surface area contributed by atoms with Crippen molar-refractivity contribution in [2.75, 3.05) is 6.54 Å². The second-order valence-electron chi connectivity index (χ2n) is 6.66. The summed E-state index contributed by atoms with van der Waals surface area (Å²) in [6.45, 7) is 7.38. The van der Waals surface area contributed by atoms with Crippen molar-refractivity contribution in [3.05, 3.63) is 53.5 Å². The molecule has 2 aromatic rings. The van der Waals surface area contributed by atoms with E-state index in [1.165, 1.54) is 11.1 Å². The summed E-state index contributed by atoms with van der Waals surface area (Å²) in [7, 11) is 0. The van der Waals surface area contributed by atoms with E-state index in [0.29, 0.717) is 12.3 Å². The van der Waals surface area contributed by atoms with Crippen molar-refractivity contribution in [2.24, 2.45) is 5.73 Å². The molecule has 1 radical (unpaired) electrons. The highest BCUT2D eigenvalue weighted by molar-refractivity contribution is 5.28. The molecule has 0 spiro atoms. The highest BCUT2D eigenvalue weighted by Crippen LogP contribution is 2.22. The lowest BCUT2D eigenvalue weighted by Gasteiger charge is -2.18. The smallest absolute Gasteiger partial charge is 0.230 e. The molecule has 0 unspecified atom stereocenters. The molecule has 0 fully saturated rings. The zero-order valence-electron chi connectivity index (χ0n) is 13.8. The van der Waals surface area contributed by atoms with Gasteiger partial charge in [0.15, 0.2) is 5.82 Å². The van der Waals surface area contributed by atoms with Crippen molar-refractivity contribution < 1.29 is 4.52 Å². The van der Waals surface area contributed by atoms with Gasteiger partial charge in [-0.15, -0.1) is 0 Å². The summed E-state index contributed by atoms with van der Waals surface area (Å²) in [5, 5.41) is 4.04. The van der Waals surface area contributed by atoms with Crippen LogP contribution >= 0.6 is 0 Å². The van der Waals surface area contributed by atoms with Crippen LogP contribution in [0.1, 0.15) is 62.9 Å². The molecule has 4 heteroatoms. The van der Waals surface area contributed by atoms with Gasteiger partial charge in [0.05, 0.1) is 6.42 Å². The lowest BCUT2D eigenvalue weighted by Crippen LogP contribution is -2.10. The number of benzene rings is 1. The molecule has 0 aliphatic heterocycles. The Hall–Kier alpha value is -1.68. The molecule has 1 aromatic carbocycles. The summed E-state index contributed by atoms with van der Waals surface area (Å²) in [5.74, 6) is 1.34. The maximum atomic E-state index is 5.47. The minimum absolute atomic E-state index is 0.177. The number of unbranched alkanes of at least 4 members (excludes halogenated alkanes) is 2. The quantitative estimate of drug-likeness (QED) is 0.793. The van der Waals surface area contributed by atoms with Gasteiger partial charge in [0.2, 0.25) is 5.89 Å². The average molecular weight is 300 g/mol. The number of nitrogens with zero attached hydrogens (tertiary/aromatic N) is 2. The third kappa shape index (κ3) is 4.95. The van der Waals surface area contributed by atoms with E-state index in [2.05, 4.69) is 55.2 Å². The predicted molar refractivity (Wildman–Crippen MR) is 88.6 cm³/mol. The van der Waals surface area contributed by atoms with Crippen LogP contribution in [0.4, 0.5) is 0 Å². The first-order valence-electron chi connectivity index (χ1n) is 7.94. The zero-order valence-corrected chi connectivity index (χ0v) is 13.8. The molecule has 0 saturated heterocycles. The fourth-order valence-corrected chi connectivity index (χ4v) is 2.24. The van der Waals surface area contributed by atoms with Gasteiger partial charge < -0.3 is 10.3 Å². The maximum absolute atomic E-state index is 5.47. The van der Waals surface area contributed by atoms with E-state index in [4.69, 9.17) is 10.3 Å². The Bertz CT molecular complexity index is 567. The van der Waals surface area contributed by atoms with Crippen molar-refractivity contribution >= 4 is 0 Å². The Balaban J connectivity index is 1.90. The minimum atomic E-state index is 0.177. The highest BCUT2D eigenvalue weighted by Gasteiger charge is 2.13. The second-order valence-corrected chi connectivity index (χ2v) is 6.66. The predicted octanol–water partition coefficient (Wildman–Crippen LogP) is 3.64. The number of rotatable bonds is 7. The normalized spacial score (nSPS) is 11.8. The van der Waals surface area contributed by atoms with Gasteiger partial charge in [0.1, 0.15) is 0 Å². The van der Waals surface area contributed by atoms with Crippen LogP contribution in [0.2, 0.25) is 0 Å². The van der Waals surface area contributed by atoms with Crippen LogP contribution in [0.5, 0.6) is 0 Å². The SMILES string of the molecule is CC(C)(C)c1ccc(Cc2noc([CH]CCCCN)n2)cc1. The van der Waals surface area contributed by atoms with E-state index >= 15 is 0 Å². The molecule has 0 amide bonds. The summed E-state index contributed by atoms with van der Waals surface area (Å²) >= 11 is 0. The molecular weight excluding hydrogens is 274 g/mol. The molecule has 0 saturated carbocycles. The van der Waals surface area contributed by atoms with E-state index < -0.39 is 0 Å². The standard InChI is InChI=1S/C18H26N3O/c1-18(2,3)15-10-8-14(9-11-15)13-16-20-17(22-21-16)7-5-4-6-12-19/h7-11H,4-6,12-13,19H2,1-3H3. The summed E-state index contributed by atoms with van der Waals surface area (Å²) < 4.78 is 5.25. The van der Waals surface area contributed by atoms with Gasteiger partial charge in [0.25, 0.3) is 0 Å². The Morgan fingerprint density at radius 1 is 1.14 bits per heavy atom. The molecule has 119 valence electrons. The van der Waals surface area contributed by atoms with E-state index in [1.807, 2.05) is 6.42 Å². The molecule has 2 rings (SSSR count). The molecule has 1 aromatic heterocycles. The van der Waals surface area contributed by atoms with Crippen molar-refractivity contribution in [1.29, 1.82) is 0 Å². The van der Waals surface area contributed by atoms with E-state index in [1.54, 1.807) is 0 Å². The first kappa shape index (κ1) is 16.7.